The summed E-state index contributed by atoms with van der Waals surface area (Å²) < 4.78 is 5.62. The summed E-state index contributed by atoms with van der Waals surface area (Å²) in [6.07, 6.45) is 1.40. The maximum absolute atomic E-state index is 12.5. The van der Waals surface area contributed by atoms with Gasteiger partial charge < -0.3 is 15.0 Å². The number of anilines is 1. The summed E-state index contributed by atoms with van der Waals surface area (Å²) in [6.45, 7) is 3.26. The number of hydrogen-bond acceptors (Lipinski definition) is 3. The lowest BCUT2D eigenvalue weighted by molar-refractivity contribution is -0.122. The van der Waals surface area contributed by atoms with E-state index in [1.54, 1.807) is 55.5 Å². The minimum absolute atomic E-state index is 0.00376. The van der Waals surface area contributed by atoms with Gasteiger partial charge in [-0.05, 0) is 62.2 Å². The van der Waals surface area contributed by atoms with E-state index in [0.29, 0.717) is 22.0 Å². The molecular weight excluding hydrogens is 352 g/mol. The molecule has 6 heteroatoms. The van der Waals surface area contributed by atoms with Crippen LogP contribution >= 0.6 is 11.6 Å². The Labute approximate surface area is 157 Å². The minimum atomic E-state index is -0.686. The third-order valence-electron chi connectivity index (χ3n) is 4.27. The van der Waals surface area contributed by atoms with Gasteiger partial charge in [-0.2, -0.15) is 0 Å². The second-order valence-corrected chi connectivity index (χ2v) is 6.72. The number of carbonyl (C=O) groups excluding carboxylic acids is 2. The molecule has 0 saturated carbocycles. The second-order valence-electron chi connectivity index (χ2n) is 6.28. The van der Waals surface area contributed by atoms with Crippen LogP contribution in [0.2, 0.25) is 5.02 Å². The summed E-state index contributed by atoms with van der Waals surface area (Å²) in [4.78, 5) is 26.7. The number of likely N-dealkylation sites (tertiary alicyclic amines) is 1. The number of hydrogen-bond donors (Lipinski definition) is 1. The third-order valence-corrected chi connectivity index (χ3v) is 4.52. The van der Waals surface area contributed by atoms with Gasteiger partial charge in [0.1, 0.15) is 5.75 Å². The summed E-state index contributed by atoms with van der Waals surface area (Å²) in [7, 11) is 0. The van der Waals surface area contributed by atoms with E-state index in [-0.39, 0.29) is 11.8 Å². The average molecular weight is 373 g/mol. The fourth-order valence-corrected chi connectivity index (χ4v) is 2.97. The molecular formula is C20H21ClN2O3. The summed E-state index contributed by atoms with van der Waals surface area (Å²) in [6, 6.07) is 13.8. The fraction of sp³-hybridized carbons (Fsp3) is 0.300. The molecule has 3 rings (SSSR count). The molecule has 1 saturated heterocycles. The maximum atomic E-state index is 12.5. The first kappa shape index (κ1) is 18.3. The van der Waals surface area contributed by atoms with Crippen molar-refractivity contribution in [2.45, 2.75) is 25.9 Å². The number of rotatable bonds is 5. The summed E-state index contributed by atoms with van der Waals surface area (Å²) >= 11 is 5.84. The first-order valence-electron chi connectivity index (χ1n) is 8.65. The monoisotopic (exact) mass is 372 g/mol. The molecule has 1 heterocycles. The van der Waals surface area contributed by atoms with Crippen LogP contribution in [0, 0.1) is 0 Å². The molecule has 5 nitrogen and oxygen atoms in total. The lowest BCUT2D eigenvalue weighted by Crippen LogP contribution is -2.30. The zero-order valence-corrected chi connectivity index (χ0v) is 15.3. The van der Waals surface area contributed by atoms with Crippen molar-refractivity contribution >= 4 is 29.1 Å². The van der Waals surface area contributed by atoms with Gasteiger partial charge in [0.2, 0.25) is 0 Å². The Morgan fingerprint density at radius 3 is 2.50 bits per heavy atom. The quantitative estimate of drug-likeness (QED) is 0.863. The molecule has 26 heavy (non-hydrogen) atoms. The van der Waals surface area contributed by atoms with E-state index in [9.17, 15) is 9.59 Å². The Hall–Kier alpha value is -2.53. The van der Waals surface area contributed by atoms with Crippen LogP contribution < -0.4 is 10.1 Å². The van der Waals surface area contributed by atoms with Crippen LogP contribution in [-0.4, -0.2) is 35.9 Å². The molecule has 0 spiro atoms. The third kappa shape index (κ3) is 4.55. The van der Waals surface area contributed by atoms with Gasteiger partial charge in [-0.1, -0.05) is 17.7 Å². The molecule has 1 unspecified atom stereocenters. The predicted molar refractivity (Wildman–Crippen MR) is 102 cm³/mol. The molecule has 0 aliphatic carbocycles. The predicted octanol–water partition coefficient (Wildman–Crippen LogP) is 3.98. The molecule has 1 fully saturated rings. The SMILES string of the molecule is CC(Oc1ccc(Cl)cc1)C(=O)Nc1cccc(C(=O)N2CCCC2)c1. The first-order valence-corrected chi connectivity index (χ1v) is 9.03. The molecule has 0 radical (unpaired) electrons. The summed E-state index contributed by atoms with van der Waals surface area (Å²) in [5.74, 6) is 0.282. The van der Waals surface area contributed by atoms with E-state index < -0.39 is 6.10 Å². The number of amides is 2. The lowest BCUT2D eigenvalue weighted by Gasteiger charge is -2.17. The first-order chi connectivity index (χ1) is 12.5. The minimum Gasteiger partial charge on any atom is -0.481 e. The fourth-order valence-electron chi connectivity index (χ4n) is 2.85. The van der Waals surface area contributed by atoms with E-state index in [1.807, 2.05) is 4.90 Å². The van der Waals surface area contributed by atoms with Gasteiger partial charge in [-0.15, -0.1) is 0 Å². The van der Waals surface area contributed by atoms with Gasteiger partial charge in [-0.25, -0.2) is 0 Å². The van der Waals surface area contributed by atoms with Crippen LogP contribution in [0.5, 0.6) is 5.75 Å². The molecule has 2 aromatic carbocycles. The highest BCUT2D eigenvalue weighted by atomic mass is 35.5. The van der Waals surface area contributed by atoms with Crippen molar-refractivity contribution in [3.05, 3.63) is 59.1 Å². The topological polar surface area (TPSA) is 58.6 Å². The van der Waals surface area contributed by atoms with Crippen molar-refractivity contribution in [2.75, 3.05) is 18.4 Å². The van der Waals surface area contributed by atoms with Crippen LogP contribution in [0.3, 0.4) is 0 Å². The second kappa shape index (κ2) is 8.23. The molecule has 2 amide bonds. The van der Waals surface area contributed by atoms with E-state index in [1.165, 1.54) is 0 Å². The number of carbonyl (C=O) groups is 2. The zero-order valence-electron chi connectivity index (χ0n) is 14.6. The molecule has 2 aromatic rings. The van der Waals surface area contributed by atoms with Gasteiger partial charge in [0.15, 0.2) is 6.10 Å². The normalized spacial score (nSPS) is 14.8. The van der Waals surface area contributed by atoms with E-state index in [4.69, 9.17) is 16.3 Å². The maximum Gasteiger partial charge on any atom is 0.265 e. The van der Waals surface area contributed by atoms with Crippen molar-refractivity contribution in [1.29, 1.82) is 0 Å². The smallest absolute Gasteiger partial charge is 0.265 e. The summed E-state index contributed by atoms with van der Waals surface area (Å²) in [5.41, 5.74) is 1.16. The number of ether oxygens (including phenoxy) is 1. The molecule has 1 aliphatic heterocycles. The van der Waals surface area contributed by atoms with Crippen LogP contribution in [0.15, 0.2) is 48.5 Å². The zero-order chi connectivity index (χ0) is 18.5. The van der Waals surface area contributed by atoms with Crippen LogP contribution in [-0.2, 0) is 4.79 Å². The van der Waals surface area contributed by atoms with Crippen molar-refractivity contribution in [1.82, 2.24) is 4.90 Å². The number of benzene rings is 2. The van der Waals surface area contributed by atoms with Gasteiger partial charge in [0, 0.05) is 29.4 Å². The highest BCUT2D eigenvalue weighted by Gasteiger charge is 2.20. The van der Waals surface area contributed by atoms with Gasteiger partial charge >= 0.3 is 0 Å². The van der Waals surface area contributed by atoms with E-state index >= 15 is 0 Å². The van der Waals surface area contributed by atoms with Crippen molar-refractivity contribution in [3.63, 3.8) is 0 Å². The molecule has 1 aliphatic rings. The van der Waals surface area contributed by atoms with E-state index in [0.717, 1.165) is 25.9 Å². The van der Waals surface area contributed by atoms with Crippen LogP contribution in [0.4, 0.5) is 5.69 Å². The molecule has 1 atom stereocenters. The largest absolute Gasteiger partial charge is 0.481 e. The average Bonchev–Trinajstić information content (AvgIpc) is 3.18. The Bertz CT molecular complexity index is 786. The number of nitrogens with zero attached hydrogens (tertiary/aromatic N) is 1. The van der Waals surface area contributed by atoms with Crippen molar-refractivity contribution in [3.8, 4) is 5.75 Å². The highest BCUT2D eigenvalue weighted by Crippen LogP contribution is 2.19. The Morgan fingerprint density at radius 2 is 1.81 bits per heavy atom. The van der Waals surface area contributed by atoms with Crippen LogP contribution in [0.25, 0.3) is 0 Å². The van der Waals surface area contributed by atoms with Crippen LogP contribution in [0.1, 0.15) is 30.1 Å². The van der Waals surface area contributed by atoms with Gasteiger partial charge in [-0.3, -0.25) is 9.59 Å². The van der Waals surface area contributed by atoms with Gasteiger partial charge in [0.25, 0.3) is 11.8 Å². The molecule has 0 aromatic heterocycles. The molecule has 136 valence electrons. The highest BCUT2D eigenvalue weighted by molar-refractivity contribution is 6.30. The Balaban J connectivity index is 1.62. The standard InChI is InChI=1S/C20H21ClN2O3/c1-14(26-18-9-7-16(21)8-10-18)19(24)22-17-6-4-5-15(13-17)20(25)23-11-2-3-12-23/h4-10,13-14H,2-3,11-12H2,1H3,(H,22,24). The molecule has 0 bridgehead atoms. The Kier molecular flexibility index (Phi) is 5.78. The number of nitrogens with one attached hydrogen (secondary N) is 1. The molecule has 1 N–H and O–H groups in total. The van der Waals surface area contributed by atoms with Crippen molar-refractivity contribution < 1.29 is 14.3 Å². The number of halogens is 1. The van der Waals surface area contributed by atoms with E-state index in [2.05, 4.69) is 5.32 Å². The van der Waals surface area contributed by atoms with Crippen molar-refractivity contribution in [2.24, 2.45) is 0 Å². The summed E-state index contributed by atoms with van der Waals surface area (Å²) in [5, 5.41) is 3.40. The Morgan fingerprint density at radius 1 is 1.12 bits per heavy atom. The lowest BCUT2D eigenvalue weighted by atomic mass is 10.1. The van der Waals surface area contributed by atoms with Gasteiger partial charge in [0.05, 0.1) is 0 Å².